The van der Waals surface area contributed by atoms with Crippen LogP contribution in [-0.4, -0.2) is 20.5 Å². The highest BCUT2D eigenvalue weighted by Gasteiger charge is 2.31. The quantitative estimate of drug-likeness (QED) is 0.837. The molecule has 0 radical (unpaired) electrons. The van der Waals surface area contributed by atoms with Gasteiger partial charge in [-0.3, -0.25) is 0 Å². The zero-order valence-electron chi connectivity index (χ0n) is 12.8. The van der Waals surface area contributed by atoms with Gasteiger partial charge in [0, 0.05) is 12.1 Å². The zero-order valence-corrected chi connectivity index (χ0v) is 14.4. The Labute approximate surface area is 132 Å². The Bertz CT molecular complexity index is 578. The smallest absolute Gasteiger partial charge is 0.244 e. The number of halogens is 2. The van der Waals surface area contributed by atoms with E-state index in [0.717, 1.165) is 0 Å². The summed E-state index contributed by atoms with van der Waals surface area (Å²) in [5.41, 5.74) is 5.20. The molecule has 7 heteroatoms. The second-order valence-electron chi connectivity index (χ2n) is 5.86. The molecule has 3 N–H and O–H groups in total. The summed E-state index contributed by atoms with van der Waals surface area (Å²) >= 11 is 0. The molecule has 1 atom stereocenters. The van der Waals surface area contributed by atoms with E-state index in [1.165, 1.54) is 25.1 Å². The second-order valence-corrected chi connectivity index (χ2v) is 7.51. The molecule has 0 aliphatic heterocycles. The first-order valence-electron chi connectivity index (χ1n) is 6.60. The summed E-state index contributed by atoms with van der Waals surface area (Å²) in [5.74, 6) is -0.447. The van der Waals surface area contributed by atoms with Gasteiger partial charge in [-0.15, -0.1) is 12.4 Å². The summed E-state index contributed by atoms with van der Waals surface area (Å²) in [4.78, 5) is -0.332. The number of nitrogens with one attached hydrogen (secondary N) is 1. The summed E-state index contributed by atoms with van der Waals surface area (Å²) in [5, 5.41) is 0. The Balaban J connectivity index is 0.00000400. The first kappa shape index (κ1) is 20.3. The Kier molecular flexibility index (Phi) is 7.29. The summed E-state index contributed by atoms with van der Waals surface area (Å²) in [6, 6.07) is 4.32. The van der Waals surface area contributed by atoms with Gasteiger partial charge in [-0.1, -0.05) is 26.0 Å². The number of benzene rings is 1. The Morgan fingerprint density at radius 1 is 1.38 bits per heavy atom. The van der Waals surface area contributed by atoms with Crippen molar-refractivity contribution in [2.75, 3.05) is 6.54 Å². The van der Waals surface area contributed by atoms with Crippen molar-refractivity contribution in [1.82, 2.24) is 4.72 Å². The number of hydrogen-bond acceptors (Lipinski definition) is 3. The van der Waals surface area contributed by atoms with Crippen LogP contribution in [0.1, 0.15) is 32.8 Å². The maximum Gasteiger partial charge on any atom is 0.244 e. The lowest BCUT2D eigenvalue weighted by Gasteiger charge is -2.30. The van der Waals surface area contributed by atoms with Gasteiger partial charge in [0.2, 0.25) is 10.0 Å². The molecule has 0 aliphatic carbocycles. The van der Waals surface area contributed by atoms with Gasteiger partial charge >= 0.3 is 0 Å². The second kappa shape index (κ2) is 7.54. The van der Waals surface area contributed by atoms with E-state index in [1.54, 1.807) is 6.92 Å². The number of sulfonamides is 1. The maximum atomic E-state index is 14.0. The fourth-order valence-corrected chi connectivity index (χ4v) is 3.86. The van der Waals surface area contributed by atoms with Crippen molar-refractivity contribution in [3.8, 4) is 0 Å². The number of rotatable bonds is 6. The van der Waals surface area contributed by atoms with Crippen LogP contribution in [0.4, 0.5) is 4.39 Å². The molecule has 0 amide bonds. The largest absolute Gasteiger partial charge is 0.329 e. The highest BCUT2D eigenvalue weighted by atomic mass is 35.5. The molecule has 1 aromatic rings. The molecule has 0 bridgehead atoms. The van der Waals surface area contributed by atoms with Crippen molar-refractivity contribution < 1.29 is 12.8 Å². The van der Waals surface area contributed by atoms with Crippen LogP contribution in [0.5, 0.6) is 0 Å². The van der Waals surface area contributed by atoms with E-state index < -0.39 is 21.4 Å². The lowest BCUT2D eigenvalue weighted by Crippen LogP contribution is -2.52. The summed E-state index contributed by atoms with van der Waals surface area (Å²) in [7, 11) is -3.93. The molecule has 0 heterocycles. The van der Waals surface area contributed by atoms with E-state index >= 15 is 0 Å². The first-order chi connectivity index (χ1) is 9.11. The monoisotopic (exact) mass is 338 g/mol. The van der Waals surface area contributed by atoms with Crippen molar-refractivity contribution in [2.24, 2.45) is 11.7 Å². The van der Waals surface area contributed by atoms with Crippen LogP contribution in [0, 0.1) is 18.7 Å². The minimum Gasteiger partial charge on any atom is -0.329 e. The molecule has 1 aromatic carbocycles. The van der Waals surface area contributed by atoms with Gasteiger partial charge in [-0.2, -0.15) is 0 Å². The lowest BCUT2D eigenvalue weighted by molar-refractivity contribution is 0.344. The summed E-state index contributed by atoms with van der Waals surface area (Å²) in [6.45, 7) is 7.38. The average molecular weight is 339 g/mol. The van der Waals surface area contributed by atoms with E-state index in [-0.39, 0.29) is 29.8 Å². The molecule has 0 saturated carbocycles. The van der Waals surface area contributed by atoms with Crippen LogP contribution in [0.15, 0.2) is 23.1 Å². The van der Waals surface area contributed by atoms with Gasteiger partial charge in [0.15, 0.2) is 0 Å². The molecular weight excluding hydrogens is 315 g/mol. The minimum atomic E-state index is -3.93. The van der Waals surface area contributed by atoms with Crippen LogP contribution in [0.2, 0.25) is 0 Å². The van der Waals surface area contributed by atoms with Crippen molar-refractivity contribution >= 4 is 22.4 Å². The summed E-state index contributed by atoms with van der Waals surface area (Å²) < 4.78 is 41.2. The third-order valence-corrected chi connectivity index (χ3v) is 4.79. The molecule has 0 aliphatic rings. The predicted molar refractivity (Wildman–Crippen MR) is 85.6 cm³/mol. The number of aryl methyl sites for hydroxylation is 1. The lowest BCUT2D eigenvalue weighted by atomic mass is 9.92. The Morgan fingerprint density at radius 2 is 1.95 bits per heavy atom. The predicted octanol–water partition coefficient (Wildman–Crippen LogP) is 2.60. The topological polar surface area (TPSA) is 72.2 Å². The van der Waals surface area contributed by atoms with Gasteiger partial charge < -0.3 is 5.73 Å². The molecule has 0 spiro atoms. The van der Waals surface area contributed by atoms with Crippen LogP contribution in [-0.2, 0) is 10.0 Å². The number of nitrogens with two attached hydrogens (primary N) is 1. The van der Waals surface area contributed by atoms with Gasteiger partial charge in [0.25, 0.3) is 0 Å². The normalized spacial score (nSPS) is 14.6. The summed E-state index contributed by atoms with van der Waals surface area (Å²) in [6.07, 6.45) is 0.580. The molecule has 0 fully saturated rings. The van der Waals surface area contributed by atoms with Gasteiger partial charge in [0.05, 0.1) is 0 Å². The highest BCUT2D eigenvalue weighted by Crippen LogP contribution is 2.22. The van der Waals surface area contributed by atoms with Crippen LogP contribution < -0.4 is 10.5 Å². The van der Waals surface area contributed by atoms with Gasteiger partial charge in [-0.25, -0.2) is 17.5 Å². The first-order valence-corrected chi connectivity index (χ1v) is 8.09. The fourth-order valence-electron chi connectivity index (χ4n) is 2.28. The van der Waals surface area contributed by atoms with Crippen molar-refractivity contribution in [2.45, 2.75) is 44.6 Å². The number of hydrogen-bond donors (Lipinski definition) is 2. The average Bonchev–Trinajstić information content (AvgIpc) is 2.30. The van der Waals surface area contributed by atoms with E-state index in [2.05, 4.69) is 4.72 Å². The molecule has 4 nitrogen and oxygen atoms in total. The standard InChI is InChI=1S/C14H23FN2O2S.ClH/c1-10(2)8-14(4,9-16)17-20(18,19)12-7-5-6-11(3)13(12)15;/h5-7,10,17H,8-9,16H2,1-4H3;1H. The van der Waals surface area contributed by atoms with Crippen molar-refractivity contribution in [1.29, 1.82) is 0 Å². The molecule has 1 rings (SSSR count). The van der Waals surface area contributed by atoms with E-state index in [4.69, 9.17) is 5.73 Å². The highest BCUT2D eigenvalue weighted by molar-refractivity contribution is 7.89. The van der Waals surface area contributed by atoms with Crippen molar-refractivity contribution in [3.05, 3.63) is 29.6 Å². The molecule has 0 saturated heterocycles. The fraction of sp³-hybridized carbons (Fsp3) is 0.571. The maximum absolute atomic E-state index is 14.0. The Morgan fingerprint density at radius 3 is 2.43 bits per heavy atom. The third kappa shape index (κ3) is 5.21. The van der Waals surface area contributed by atoms with E-state index in [9.17, 15) is 12.8 Å². The van der Waals surface area contributed by atoms with Crippen LogP contribution in [0.3, 0.4) is 0 Å². The molecule has 1 unspecified atom stereocenters. The molecular formula is C14H24ClFN2O2S. The van der Waals surface area contributed by atoms with Crippen LogP contribution in [0.25, 0.3) is 0 Å². The van der Waals surface area contributed by atoms with Crippen molar-refractivity contribution in [3.63, 3.8) is 0 Å². The zero-order chi connectivity index (χ0) is 15.6. The van der Waals surface area contributed by atoms with E-state index in [1.807, 2.05) is 13.8 Å². The van der Waals surface area contributed by atoms with E-state index in [0.29, 0.717) is 12.0 Å². The molecule has 122 valence electrons. The SMILES string of the molecule is Cc1cccc(S(=O)(=O)NC(C)(CN)CC(C)C)c1F.Cl. The van der Waals surface area contributed by atoms with Gasteiger partial charge in [0.1, 0.15) is 10.7 Å². The molecule has 21 heavy (non-hydrogen) atoms. The third-order valence-electron chi connectivity index (χ3n) is 3.14. The van der Waals surface area contributed by atoms with Gasteiger partial charge in [-0.05, 0) is 37.8 Å². The Hall–Kier alpha value is -0.690. The van der Waals surface area contributed by atoms with Crippen LogP contribution >= 0.6 is 12.4 Å². The minimum absolute atomic E-state index is 0. The molecule has 0 aromatic heterocycles.